The molecule has 3 aromatic rings. The Bertz CT molecular complexity index is 806. The molecule has 0 aliphatic carbocycles. The minimum Gasteiger partial charge on any atom is -0.467 e. The van der Waals surface area contributed by atoms with Gasteiger partial charge in [-0.2, -0.15) is 4.98 Å². The number of rotatable bonds is 3. The number of hydrogen-bond donors (Lipinski definition) is 1. The zero-order chi connectivity index (χ0) is 15.0. The Morgan fingerprint density at radius 3 is 3.00 bits per heavy atom. The maximum atomic E-state index is 11.6. The molecule has 0 aliphatic heterocycles. The van der Waals surface area contributed by atoms with E-state index in [4.69, 9.17) is 16.0 Å². The summed E-state index contributed by atoms with van der Waals surface area (Å²) in [4.78, 5) is 20.8. The fraction of sp³-hybridized carbons (Fsp3) is 0.0833. The predicted molar refractivity (Wildman–Crippen MR) is 83.0 cm³/mol. The van der Waals surface area contributed by atoms with Gasteiger partial charge in [-0.05, 0) is 39.7 Å². The van der Waals surface area contributed by atoms with Gasteiger partial charge in [-0.1, -0.05) is 0 Å². The van der Waals surface area contributed by atoms with Crippen molar-refractivity contribution in [3.63, 3.8) is 0 Å². The quantitative estimate of drug-likeness (QED) is 0.673. The van der Waals surface area contributed by atoms with Gasteiger partial charge in [0, 0.05) is 5.38 Å². The fourth-order valence-corrected chi connectivity index (χ4v) is 3.55. The Labute approximate surface area is 136 Å². The Morgan fingerprint density at radius 1 is 1.52 bits per heavy atom. The summed E-state index contributed by atoms with van der Waals surface area (Å²) in [6, 6.07) is 3.39. The zero-order valence-electron chi connectivity index (χ0n) is 10.3. The highest BCUT2D eigenvalue weighted by Crippen LogP contribution is 2.36. The lowest BCUT2D eigenvalue weighted by molar-refractivity contribution is 0.200. The molecule has 0 atom stereocenters. The average Bonchev–Trinajstić information content (AvgIpc) is 3.06. The summed E-state index contributed by atoms with van der Waals surface area (Å²) in [5.74, 6) is 0.750. The molecule has 0 radical (unpaired) electrons. The van der Waals surface area contributed by atoms with Gasteiger partial charge in [0.1, 0.15) is 11.3 Å². The highest BCUT2D eigenvalue weighted by molar-refractivity contribution is 9.10. The maximum Gasteiger partial charge on any atom is 0.413 e. The van der Waals surface area contributed by atoms with E-state index in [1.807, 2.05) is 5.38 Å². The molecule has 1 amide bonds. The van der Waals surface area contributed by atoms with E-state index in [-0.39, 0.29) is 17.6 Å². The Hall–Kier alpha value is -1.64. The van der Waals surface area contributed by atoms with Crippen LogP contribution >= 0.6 is 38.9 Å². The summed E-state index contributed by atoms with van der Waals surface area (Å²) in [7, 11) is 0. The average molecular weight is 389 g/mol. The van der Waals surface area contributed by atoms with E-state index >= 15 is 0 Å². The lowest BCUT2D eigenvalue weighted by Crippen LogP contribution is -2.29. The van der Waals surface area contributed by atoms with Gasteiger partial charge in [0.15, 0.2) is 5.82 Å². The molecule has 3 aromatic heterocycles. The lowest BCUT2D eigenvalue weighted by Gasteiger charge is -2.17. The minimum atomic E-state index is -1.15. The monoisotopic (exact) mass is 387 g/mol. The summed E-state index contributed by atoms with van der Waals surface area (Å²) in [5.41, 5.74) is 0.584. The minimum absolute atomic E-state index is 0.0118. The Balaban J connectivity index is 2.13. The van der Waals surface area contributed by atoms with Gasteiger partial charge >= 0.3 is 6.09 Å². The second-order valence-electron chi connectivity index (χ2n) is 4.03. The van der Waals surface area contributed by atoms with Crippen LogP contribution in [0.5, 0.6) is 0 Å². The molecule has 0 spiro atoms. The van der Waals surface area contributed by atoms with Gasteiger partial charge in [-0.3, -0.25) is 4.90 Å². The van der Waals surface area contributed by atoms with Crippen LogP contribution in [0.4, 0.5) is 10.6 Å². The molecule has 0 aromatic carbocycles. The van der Waals surface area contributed by atoms with E-state index in [0.29, 0.717) is 16.0 Å². The van der Waals surface area contributed by atoms with E-state index in [2.05, 4.69) is 25.9 Å². The Kier molecular flexibility index (Phi) is 3.83. The van der Waals surface area contributed by atoms with Crippen LogP contribution in [0.15, 0.2) is 32.7 Å². The van der Waals surface area contributed by atoms with E-state index in [1.165, 1.54) is 17.6 Å². The largest absolute Gasteiger partial charge is 0.467 e. The summed E-state index contributed by atoms with van der Waals surface area (Å²) < 4.78 is 6.58. The standard InChI is InChI=1S/C12H7BrClN3O3S/c13-7-5-21-9-8(7)15-11(14)16-10(9)17(12(18)19)4-6-2-1-3-20-6/h1-3,5H,4H2,(H,18,19). The summed E-state index contributed by atoms with van der Waals surface area (Å²) in [6.45, 7) is 0.0420. The molecule has 0 saturated heterocycles. The smallest absolute Gasteiger partial charge is 0.413 e. The van der Waals surface area contributed by atoms with Crippen LogP contribution in [-0.4, -0.2) is 21.2 Å². The van der Waals surface area contributed by atoms with Crippen molar-refractivity contribution < 1.29 is 14.3 Å². The third-order valence-electron chi connectivity index (χ3n) is 2.71. The molecule has 0 fully saturated rings. The SMILES string of the molecule is O=C(O)N(Cc1ccco1)c1nc(Cl)nc2c(Br)csc12. The number of halogens is 2. The molecule has 0 bridgehead atoms. The van der Waals surface area contributed by atoms with Gasteiger partial charge in [-0.15, -0.1) is 11.3 Å². The number of nitrogens with zero attached hydrogens (tertiary/aromatic N) is 3. The van der Waals surface area contributed by atoms with Crippen molar-refractivity contribution >= 4 is 61.0 Å². The van der Waals surface area contributed by atoms with Gasteiger partial charge in [-0.25, -0.2) is 9.78 Å². The number of carboxylic acid groups (broad SMARTS) is 1. The maximum absolute atomic E-state index is 11.6. The molecule has 0 aliphatic rings. The van der Waals surface area contributed by atoms with Crippen molar-refractivity contribution in [2.75, 3.05) is 4.90 Å². The molecule has 0 unspecified atom stereocenters. The first kappa shape index (κ1) is 14.3. The third kappa shape index (κ3) is 2.74. The number of fused-ring (bicyclic) bond motifs is 1. The number of furan rings is 1. The molecule has 9 heteroatoms. The van der Waals surface area contributed by atoms with E-state index in [0.717, 1.165) is 9.37 Å². The van der Waals surface area contributed by atoms with Gasteiger partial charge in [0.25, 0.3) is 0 Å². The molecule has 21 heavy (non-hydrogen) atoms. The van der Waals surface area contributed by atoms with Crippen molar-refractivity contribution in [3.8, 4) is 0 Å². The third-order valence-corrected chi connectivity index (χ3v) is 4.75. The highest BCUT2D eigenvalue weighted by Gasteiger charge is 2.23. The van der Waals surface area contributed by atoms with Crippen molar-refractivity contribution in [2.45, 2.75) is 6.54 Å². The first-order valence-corrected chi connectivity index (χ1v) is 7.74. The van der Waals surface area contributed by atoms with Crippen LogP contribution in [0.25, 0.3) is 10.2 Å². The molecule has 108 valence electrons. The first-order chi connectivity index (χ1) is 10.1. The first-order valence-electron chi connectivity index (χ1n) is 5.69. The Morgan fingerprint density at radius 2 is 2.33 bits per heavy atom. The van der Waals surface area contributed by atoms with E-state index < -0.39 is 6.09 Å². The summed E-state index contributed by atoms with van der Waals surface area (Å²) in [6.07, 6.45) is 0.339. The van der Waals surface area contributed by atoms with E-state index in [1.54, 1.807) is 12.1 Å². The summed E-state index contributed by atoms with van der Waals surface area (Å²) in [5, 5.41) is 11.3. The molecule has 1 N–H and O–H groups in total. The van der Waals surface area contributed by atoms with Crippen LogP contribution in [0.3, 0.4) is 0 Å². The number of thiophene rings is 1. The highest BCUT2D eigenvalue weighted by atomic mass is 79.9. The van der Waals surface area contributed by atoms with Crippen LogP contribution in [0.1, 0.15) is 5.76 Å². The molecule has 0 saturated carbocycles. The lowest BCUT2D eigenvalue weighted by atomic mass is 10.3. The van der Waals surface area contributed by atoms with Gasteiger partial charge < -0.3 is 9.52 Å². The van der Waals surface area contributed by atoms with Crippen LogP contribution < -0.4 is 4.90 Å². The normalized spacial score (nSPS) is 11.0. The second-order valence-corrected chi connectivity index (χ2v) is 6.10. The van der Waals surface area contributed by atoms with Crippen LogP contribution in [-0.2, 0) is 6.54 Å². The van der Waals surface area contributed by atoms with Crippen molar-refractivity contribution in [1.29, 1.82) is 0 Å². The van der Waals surface area contributed by atoms with Gasteiger partial charge in [0.2, 0.25) is 5.28 Å². The number of hydrogen-bond acceptors (Lipinski definition) is 5. The second kappa shape index (κ2) is 5.63. The number of aromatic nitrogens is 2. The molecule has 3 heterocycles. The number of carbonyl (C=O) groups is 1. The molecule has 3 rings (SSSR count). The zero-order valence-corrected chi connectivity index (χ0v) is 13.4. The molecular weight excluding hydrogens is 382 g/mol. The number of anilines is 1. The molecule has 6 nitrogen and oxygen atoms in total. The van der Waals surface area contributed by atoms with Crippen LogP contribution in [0, 0.1) is 0 Å². The predicted octanol–water partition coefficient (Wildman–Crippen LogP) is 4.38. The van der Waals surface area contributed by atoms with E-state index in [9.17, 15) is 9.90 Å². The number of amides is 1. The van der Waals surface area contributed by atoms with Crippen LogP contribution in [0.2, 0.25) is 5.28 Å². The molecular formula is C12H7BrClN3O3S. The summed E-state index contributed by atoms with van der Waals surface area (Å²) >= 11 is 10.6. The van der Waals surface area contributed by atoms with Crippen molar-refractivity contribution in [1.82, 2.24) is 9.97 Å². The van der Waals surface area contributed by atoms with Gasteiger partial charge in [0.05, 0.1) is 22.0 Å². The topological polar surface area (TPSA) is 79.5 Å². The van der Waals surface area contributed by atoms with Crippen molar-refractivity contribution in [2.24, 2.45) is 0 Å². The fourth-order valence-electron chi connectivity index (χ4n) is 1.82. The van der Waals surface area contributed by atoms with Crippen molar-refractivity contribution in [3.05, 3.63) is 39.3 Å².